The van der Waals surface area contributed by atoms with Gasteiger partial charge in [-0.15, -0.1) is 0 Å². The van der Waals surface area contributed by atoms with Crippen LogP contribution in [-0.4, -0.2) is 26.2 Å². The monoisotopic (exact) mass is 311 g/mol. The van der Waals surface area contributed by atoms with Gasteiger partial charge in [0.2, 0.25) is 10.0 Å². The predicted octanol–water partition coefficient (Wildman–Crippen LogP) is 2.64. The zero-order valence-electron chi connectivity index (χ0n) is 12.7. The second-order valence-electron chi connectivity index (χ2n) is 5.99. The first-order valence-electron chi connectivity index (χ1n) is 7.71. The van der Waals surface area contributed by atoms with Crippen molar-refractivity contribution in [3.8, 4) is 0 Å². The van der Waals surface area contributed by atoms with E-state index in [0.717, 1.165) is 31.2 Å². The van der Waals surface area contributed by atoms with Crippen molar-refractivity contribution in [2.75, 3.05) is 6.54 Å². The molecule has 2 N–H and O–H groups in total. The molecule has 1 saturated carbocycles. The Morgan fingerprint density at radius 1 is 1.29 bits per heavy atom. The minimum absolute atomic E-state index is 0.0409. The Kier molecular flexibility index (Phi) is 5.41. The van der Waals surface area contributed by atoms with Gasteiger partial charge in [0.1, 0.15) is 0 Å². The molecule has 1 aromatic rings. The molecule has 0 aliphatic heterocycles. The zero-order valence-corrected chi connectivity index (χ0v) is 13.6. The van der Waals surface area contributed by atoms with Gasteiger partial charge in [0, 0.05) is 6.54 Å². The first kappa shape index (κ1) is 16.5. The molecule has 118 valence electrons. The summed E-state index contributed by atoms with van der Waals surface area (Å²) in [6, 6.07) is 7.09. The number of hydrogen-bond donors (Lipinski definition) is 2. The van der Waals surface area contributed by atoms with Crippen LogP contribution < -0.4 is 4.72 Å². The SMILES string of the molecule is CCC(C)c1ccc(S(=O)(=O)NCC2CCCC2O)cc1. The van der Waals surface area contributed by atoms with E-state index in [1.54, 1.807) is 12.1 Å². The normalized spacial score (nSPS) is 24.1. The third-order valence-electron chi connectivity index (χ3n) is 4.53. The van der Waals surface area contributed by atoms with Gasteiger partial charge < -0.3 is 5.11 Å². The summed E-state index contributed by atoms with van der Waals surface area (Å²) in [6.07, 6.45) is 3.29. The highest BCUT2D eigenvalue weighted by Gasteiger charge is 2.26. The number of sulfonamides is 1. The number of benzene rings is 1. The fourth-order valence-corrected chi connectivity index (χ4v) is 3.86. The molecule has 0 aromatic heterocycles. The minimum Gasteiger partial charge on any atom is -0.393 e. The standard InChI is InChI=1S/C16H25NO3S/c1-3-12(2)13-7-9-15(10-8-13)21(19,20)17-11-14-5-4-6-16(14)18/h7-10,12,14,16-18H,3-6,11H2,1-2H3. The summed E-state index contributed by atoms with van der Waals surface area (Å²) in [4.78, 5) is 0.294. The van der Waals surface area contributed by atoms with Crippen molar-refractivity contribution in [3.63, 3.8) is 0 Å². The maximum Gasteiger partial charge on any atom is 0.240 e. The van der Waals surface area contributed by atoms with Gasteiger partial charge in [-0.25, -0.2) is 13.1 Å². The van der Waals surface area contributed by atoms with Gasteiger partial charge in [0.15, 0.2) is 0 Å². The maximum atomic E-state index is 12.3. The van der Waals surface area contributed by atoms with Crippen LogP contribution in [0.2, 0.25) is 0 Å². The van der Waals surface area contributed by atoms with E-state index in [0.29, 0.717) is 17.4 Å². The van der Waals surface area contributed by atoms with Gasteiger partial charge >= 0.3 is 0 Å². The van der Waals surface area contributed by atoms with Crippen molar-refractivity contribution in [1.82, 2.24) is 4.72 Å². The van der Waals surface area contributed by atoms with Gasteiger partial charge in [-0.3, -0.25) is 0 Å². The van der Waals surface area contributed by atoms with Crippen LogP contribution in [0.25, 0.3) is 0 Å². The van der Waals surface area contributed by atoms with Crippen LogP contribution in [0.4, 0.5) is 0 Å². The molecule has 4 nitrogen and oxygen atoms in total. The van der Waals surface area contributed by atoms with Crippen molar-refractivity contribution in [2.45, 2.75) is 56.4 Å². The smallest absolute Gasteiger partial charge is 0.240 e. The molecule has 1 aromatic carbocycles. The first-order chi connectivity index (χ1) is 9.94. The summed E-state index contributed by atoms with van der Waals surface area (Å²) in [5.41, 5.74) is 1.16. The number of nitrogens with one attached hydrogen (secondary N) is 1. The van der Waals surface area contributed by atoms with E-state index in [-0.39, 0.29) is 12.0 Å². The zero-order chi connectivity index (χ0) is 15.5. The van der Waals surface area contributed by atoms with Crippen LogP contribution >= 0.6 is 0 Å². The number of aliphatic hydroxyl groups excluding tert-OH is 1. The number of hydrogen-bond acceptors (Lipinski definition) is 3. The molecule has 0 saturated heterocycles. The number of aliphatic hydroxyl groups is 1. The molecule has 0 spiro atoms. The largest absolute Gasteiger partial charge is 0.393 e. The Hall–Kier alpha value is -0.910. The van der Waals surface area contributed by atoms with Gasteiger partial charge in [-0.1, -0.05) is 32.4 Å². The van der Waals surface area contributed by atoms with Crippen molar-refractivity contribution >= 4 is 10.0 Å². The van der Waals surface area contributed by atoms with E-state index in [2.05, 4.69) is 18.6 Å². The lowest BCUT2D eigenvalue weighted by Gasteiger charge is -2.15. The lowest BCUT2D eigenvalue weighted by molar-refractivity contribution is 0.134. The molecule has 5 heteroatoms. The summed E-state index contributed by atoms with van der Waals surface area (Å²) in [5.74, 6) is 0.475. The summed E-state index contributed by atoms with van der Waals surface area (Å²) in [7, 11) is -3.48. The Morgan fingerprint density at radius 3 is 2.48 bits per heavy atom. The third-order valence-corrected chi connectivity index (χ3v) is 5.97. The highest BCUT2D eigenvalue weighted by atomic mass is 32.2. The summed E-state index contributed by atoms with van der Waals surface area (Å²) < 4.78 is 27.1. The van der Waals surface area contributed by atoms with E-state index >= 15 is 0 Å². The summed E-state index contributed by atoms with van der Waals surface area (Å²) in [6.45, 7) is 4.56. The Bertz CT molecular complexity index is 553. The van der Waals surface area contributed by atoms with E-state index in [4.69, 9.17) is 0 Å². The summed E-state index contributed by atoms with van der Waals surface area (Å²) >= 11 is 0. The Labute approximate surface area is 127 Å². The molecular weight excluding hydrogens is 286 g/mol. The predicted molar refractivity (Wildman–Crippen MR) is 83.7 cm³/mol. The van der Waals surface area contributed by atoms with Crippen molar-refractivity contribution < 1.29 is 13.5 Å². The van der Waals surface area contributed by atoms with E-state index in [9.17, 15) is 13.5 Å². The Morgan fingerprint density at radius 2 is 1.95 bits per heavy atom. The summed E-state index contributed by atoms with van der Waals surface area (Å²) in [5, 5.41) is 9.75. The average molecular weight is 311 g/mol. The second-order valence-corrected chi connectivity index (χ2v) is 7.76. The molecule has 3 atom stereocenters. The van der Waals surface area contributed by atoms with E-state index < -0.39 is 10.0 Å². The fourth-order valence-electron chi connectivity index (χ4n) is 2.77. The third kappa shape index (κ3) is 4.05. The molecule has 1 aliphatic carbocycles. The van der Waals surface area contributed by atoms with Crippen LogP contribution in [0.1, 0.15) is 51.0 Å². The lowest BCUT2D eigenvalue weighted by atomic mass is 9.99. The molecule has 0 bridgehead atoms. The molecule has 1 aliphatic rings. The molecule has 0 radical (unpaired) electrons. The Balaban J connectivity index is 2.02. The van der Waals surface area contributed by atoms with Crippen LogP contribution in [0.3, 0.4) is 0 Å². The second kappa shape index (κ2) is 6.90. The van der Waals surface area contributed by atoms with Crippen LogP contribution in [0.15, 0.2) is 29.2 Å². The molecule has 21 heavy (non-hydrogen) atoms. The molecule has 1 fully saturated rings. The van der Waals surface area contributed by atoms with Gasteiger partial charge in [0.05, 0.1) is 11.0 Å². The maximum absolute atomic E-state index is 12.3. The van der Waals surface area contributed by atoms with Crippen LogP contribution in [0.5, 0.6) is 0 Å². The van der Waals surface area contributed by atoms with Gasteiger partial charge in [0.25, 0.3) is 0 Å². The molecule has 3 unspecified atom stereocenters. The lowest BCUT2D eigenvalue weighted by Crippen LogP contribution is -2.32. The van der Waals surface area contributed by atoms with E-state index in [1.165, 1.54) is 0 Å². The van der Waals surface area contributed by atoms with Crippen molar-refractivity contribution in [1.29, 1.82) is 0 Å². The molecule has 0 heterocycles. The quantitative estimate of drug-likeness (QED) is 0.849. The average Bonchev–Trinajstić information content (AvgIpc) is 2.90. The van der Waals surface area contributed by atoms with Crippen LogP contribution in [-0.2, 0) is 10.0 Å². The molecule has 2 rings (SSSR count). The van der Waals surface area contributed by atoms with Crippen LogP contribution in [0, 0.1) is 5.92 Å². The van der Waals surface area contributed by atoms with Gasteiger partial charge in [-0.05, 0) is 48.8 Å². The molecular formula is C16H25NO3S. The minimum atomic E-state index is -3.48. The van der Waals surface area contributed by atoms with Crippen molar-refractivity contribution in [2.24, 2.45) is 5.92 Å². The topological polar surface area (TPSA) is 66.4 Å². The van der Waals surface area contributed by atoms with E-state index in [1.807, 2.05) is 12.1 Å². The number of rotatable bonds is 6. The highest BCUT2D eigenvalue weighted by molar-refractivity contribution is 7.89. The molecule has 0 amide bonds. The first-order valence-corrected chi connectivity index (χ1v) is 9.20. The fraction of sp³-hybridized carbons (Fsp3) is 0.625. The highest BCUT2D eigenvalue weighted by Crippen LogP contribution is 2.25. The van der Waals surface area contributed by atoms with Gasteiger partial charge in [-0.2, -0.15) is 0 Å². The van der Waals surface area contributed by atoms with Crippen molar-refractivity contribution in [3.05, 3.63) is 29.8 Å².